The summed E-state index contributed by atoms with van der Waals surface area (Å²) in [4.78, 5) is 11.3. The van der Waals surface area contributed by atoms with Crippen molar-refractivity contribution in [3.63, 3.8) is 0 Å². The molecular formula is C20H26F3N3O4. The highest BCUT2D eigenvalue weighted by molar-refractivity contribution is 5.73. The van der Waals surface area contributed by atoms with Gasteiger partial charge in [-0.05, 0) is 18.6 Å². The molecule has 0 fully saturated rings. The second-order valence-electron chi connectivity index (χ2n) is 6.66. The zero-order valence-electron chi connectivity index (χ0n) is 16.7. The molecule has 0 aliphatic carbocycles. The Kier molecular flexibility index (Phi) is 9.28. The van der Waals surface area contributed by atoms with Crippen molar-refractivity contribution in [3.05, 3.63) is 53.9 Å². The number of hydrogen-bond donors (Lipinski definition) is 1. The average molecular weight is 429 g/mol. The van der Waals surface area contributed by atoms with Gasteiger partial charge in [0.05, 0.1) is 31.6 Å². The van der Waals surface area contributed by atoms with Crippen LogP contribution < -0.4 is 0 Å². The van der Waals surface area contributed by atoms with Gasteiger partial charge in [0.15, 0.2) is 0 Å². The van der Waals surface area contributed by atoms with Crippen LogP contribution in [0.1, 0.15) is 24.2 Å². The van der Waals surface area contributed by atoms with Crippen LogP contribution >= 0.6 is 0 Å². The highest BCUT2D eigenvalue weighted by Gasteiger charge is 2.38. The summed E-state index contributed by atoms with van der Waals surface area (Å²) < 4.78 is 45.3. The van der Waals surface area contributed by atoms with E-state index in [2.05, 4.69) is 32.9 Å². The van der Waals surface area contributed by atoms with Crippen LogP contribution in [0.5, 0.6) is 0 Å². The lowest BCUT2D eigenvalue weighted by atomic mass is 10.2. The number of carboxylic acids is 1. The molecule has 1 aromatic heterocycles. The lowest BCUT2D eigenvalue weighted by Crippen LogP contribution is -2.41. The number of nitrogens with zero attached hydrogens (tertiary/aromatic N) is 3. The first kappa shape index (κ1) is 23.8. The van der Waals surface area contributed by atoms with Crippen molar-refractivity contribution in [1.29, 1.82) is 0 Å². The maximum absolute atomic E-state index is 10.6. The number of carboxylic acid groups (broad SMARTS) is 1. The fourth-order valence-corrected chi connectivity index (χ4v) is 2.97. The summed E-state index contributed by atoms with van der Waals surface area (Å²) in [6.45, 7) is 7.72. The number of hydrogen-bond acceptors (Lipinski definition) is 5. The van der Waals surface area contributed by atoms with Crippen LogP contribution in [0.3, 0.4) is 0 Å². The summed E-state index contributed by atoms with van der Waals surface area (Å²) in [5.41, 5.74) is 2.47. The Balaban J connectivity index is 0.000000396. The van der Waals surface area contributed by atoms with Crippen molar-refractivity contribution >= 4 is 5.97 Å². The molecule has 1 atom stereocenters. The molecule has 3 rings (SSSR count). The molecule has 0 spiro atoms. The van der Waals surface area contributed by atoms with Crippen LogP contribution in [0, 0.1) is 0 Å². The van der Waals surface area contributed by atoms with Gasteiger partial charge in [0.1, 0.15) is 0 Å². The van der Waals surface area contributed by atoms with E-state index in [1.165, 1.54) is 11.3 Å². The Morgan fingerprint density at radius 3 is 2.57 bits per heavy atom. The van der Waals surface area contributed by atoms with Crippen LogP contribution in [-0.2, 0) is 27.4 Å². The van der Waals surface area contributed by atoms with Gasteiger partial charge in [0.25, 0.3) is 0 Å². The summed E-state index contributed by atoms with van der Waals surface area (Å²) in [5.74, 6) is -2.76. The molecule has 0 saturated heterocycles. The number of benzene rings is 1. The highest BCUT2D eigenvalue weighted by atomic mass is 19.4. The monoisotopic (exact) mass is 429 g/mol. The van der Waals surface area contributed by atoms with Crippen LogP contribution in [0.15, 0.2) is 42.6 Å². The normalized spacial score (nSPS) is 16.5. The van der Waals surface area contributed by atoms with Crippen LogP contribution in [0.2, 0.25) is 0 Å². The van der Waals surface area contributed by atoms with Crippen molar-refractivity contribution < 1.29 is 32.5 Å². The smallest absolute Gasteiger partial charge is 0.475 e. The molecule has 1 aliphatic rings. The number of halogens is 3. The first-order valence-electron chi connectivity index (χ1n) is 9.55. The number of ether oxygens (including phenoxy) is 2. The highest BCUT2D eigenvalue weighted by Crippen LogP contribution is 2.20. The van der Waals surface area contributed by atoms with Gasteiger partial charge in [0, 0.05) is 32.4 Å². The molecule has 166 valence electrons. The molecule has 7 nitrogen and oxygen atoms in total. The van der Waals surface area contributed by atoms with E-state index in [4.69, 9.17) is 19.4 Å². The molecule has 1 aromatic carbocycles. The topological polar surface area (TPSA) is 76.8 Å². The van der Waals surface area contributed by atoms with E-state index in [-0.39, 0.29) is 0 Å². The van der Waals surface area contributed by atoms with Gasteiger partial charge >= 0.3 is 12.1 Å². The predicted octanol–water partition coefficient (Wildman–Crippen LogP) is 3.13. The summed E-state index contributed by atoms with van der Waals surface area (Å²) in [7, 11) is 0. The Morgan fingerprint density at radius 2 is 1.93 bits per heavy atom. The number of carbonyl (C=O) groups is 1. The van der Waals surface area contributed by atoms with Crippen molar-refractivity contribution in [2.75, 3.05) is 32.9 Å². The Labute approximate surface area is 173 Å². The molecule has 10 heteroatoms. The first-order valence-corrected chi connectivity index (χ1v) is 9.55. The number of aromatic nitrogens is 2. The second kappa shape index (κ2) is 11.7. The predicted molar refractivity (Wildman–Crippen MR) is 103 cm³/mol. The Morgan fingerprint density at radius 1 is 1.23 bits per heavy atom. The fourth-order valence-electron chi connectivity index (χ4n) is 2.97. The number of alkyl halides is 3. The number of rotatable bonds is 8. The van der Waals surface area contributed by atoms with E-state index in [1.807, 2.05) is 31.3 Å². The lowest BCUT2D eigenvalue weighted by molar-refractivity contribution is -0.192. The molecular weight excluding hydrogens is 403 g/mol. The summed E-state index contributed by atoms with van der Waals surface area (Å²) >= 11 is 0. The van der Waals surface area contributed by atoms with Gasteiger partial charge in [-0.2, -0.15) is 18.3 Å². The minimum atomic E-state index is -5.08. The van der Waals surface area contributed by atoms with Gasteiger partial charge in [-0.3, -0.25) is 9.58 Å². The van der Waals surface area contributed by atoms with Gasteiger partial charge in [0.2, 0.25) is 0 Å². The largest absolute Gasteiger partial charge is 0.490 e. The second-order valence-corrected chi connectivity index (χ2v) is 6.66. The zero-order chi connectivity index (χ0) is 22.0. The third kappa shape index (κ3) is 7.77. The van der Waals surface area contributed by atoms with E-state index in [9.17, 15) is 13.2 Å². The van der Waals surface area contributed by atoms with Crippen LogP contribution in [-0.4, -0.2) is 64.8 Å². The Hall–Kier alpha value is -2.43. The SMILES string of the molecule is CCOCC1CN(CCOCc2ccccc2)Cc2ccnn21.O=C(O)C(F)(F)F. The van der Waals surface area contributed by atoms with E-state index in [0.29, 0.717) is 19.3 Å². The molecule has 2 heterocycles. The third-order valence-electron chi connectivity index (χ3n) is 4.37. The van der Waals surface area contributed by atoms with Gasteiger partial charge in [-0.25, -0.2) is 4.79 Å². The maximum Gasteiger partial charge on any atom is 0.490 e. The molecule has 0 bridgehead atoms. The summed E-state index contributed by atoms with van der Waals surface area (Å²) in [6.07, 6.45) is -3.20. The molecule has 0 radical (unpaired) electrons. The van der Waals surface area contributed by atoms with Crippen molar-refractivity contribution in [2.45, 2.75) is 32.3 Å². The van der Waals surface area contributed by atoms with E-state index >= 15 is 0 Å². The molecule has 1 N–H and O–H groups in total. The van der Waals surface area contributed by atoms with Crippen molar-refractivity contribution in [3.8, 4) is 0 Å². The maximum atomic E-state index is 10.6. The Bertz CT molecular complexity index is 768. The standard InChI is InChI=1S/C18H25N3O2.C2HF3O2/c1-2-22-15-18-13-20(12-17-8-9-19-21(17)18)10-11-23-14-16-6-4-3-5-7-16;3-2(4,5)1(6)7/h3-9,18H,2,10-15H2,1H3;(H,6,7). The molecule has 1 aliphatic heterocycles. The van der Waals surface area contributed by atoms with Gasteiger partial charge in [-0.1, -0.05) is 30.3 Å². The van der Waals surface area contributed by atoms with E-state index in [1.54, 1.807) is 0 Å². The van der Waals surface area contributed by atoms with Crippen LogP contribution in [0.4, 0.5) is 13.2 Å². The van der Waals surface area contributed by atoms with Gasteiger partial charge < -0.3 is 14.6 Å². The quantitative estimate of drug-likeness (QED) is 0.650. The van der Waals surface area contributed by atoms with Crippen molar-refractivity contribution in [1.82, 2.24) is 14.7 Å². The van der Waals surface area contributed by atoms with E-state index in [0.717, 1.165) is 32.8 Å². The summed E-state index contributed by atoms with van der Waals surface area (Å²) in [5, 5.41) is 11.6. The lowest BCUT2D eigenvalue weighted by Gasteiger charge is -2.33. The fraction of sp³-hybridized carbons (Fsp3) is 0.500. The number of fused-ring (bicyclic) bond motifs is 1. The van der Waals surface area contributed by atoms with E-state index < -0.39 is 12.1 Å². The number of aliphatic carboxylic acids is 1. The molecule has 1 unspecified atom stereocenters. The minimum Gasteiger partial charge on any atom is -0.475 e. The van der Waals surface area contributed by atoms with Crippen molar-refractivity contribution in [2.24, 2.45) is 0 Å². The molecule has 30 heavy (non-hydrogen) atoms. The minimum absolute atomic E-state index is 0.294. The summed E-state index contributed by atoms with van der Waals surface area (Å²) in [6, 6.07) is 12.7. The van der Waals surface area contributed by atoms with Gasteiger partial charge in [-0.15, -0.1) is 0 Å². The molecule has 0 amide bonds. The van der Waals surface area contributed by atoms with Crippen LogP contribution in [0.25, 0.3) is 0 Å². The first-order chi connectivity index (χ1) is 14.3. The molecule has 0 saturated carbocycles. The third-order valence-corrected chi connectivity index (χ3v) is 4.37. The zero-order valence-corrected chi connectivity index (χ0v) is 16.7. The average Bonchev–Trinajstić information content (AvgIpc) is 3.19. The molecule has 2 aromatic rings.